The number of carbonyl (C=O) groups excluding carboxylic acids is 1. The fourth-order valence-electron chi connectivity index (χ4n) is 1.03. The smallest absolute Gasteiger partial charge is 0.298 e. The Hall–Kier alpha value is -1.41. The summed E-state index contributed by atoms with van der Waals surface area (Å²) >= 11 is 0. The van der Waals surface area contributed by atoms with Gasteiger partial charge in [-0.3, -0.25) is 4.79 Å². The topological polar surface area (TPSA) is 20.3 Å². The van der Waals surface area contributed by atoms with Crippen molar-refractivity contribution in [2.24, 2.45) is 5.92 Å². The zero-order valence-electron chi connectivity index (χ0n) is 6.92. The molecule has 0 atom stereocenters. The van der Waals surface area contributed by atoms with Crippen LogP contribution in [0.25, 0.3) is 0 Å². The first-order valence-electron chi connectivity index (χ1n) is 3.97. The maximum Gasteiger partial charge on any atom is 0.298 e. The van der Waals surface area contributed by atoms with Crippen molar-refractivity contribution in [3.8, 4) is 24.7 Å². The van der Waals surface area contributed by atoms with Gasteiger partial charge in [0.1, 0.15) is 0 Å². The molecular formula is C10H11NO. The summed E-state index contributed by atoms with van der Waals surface area (Å²) in [5.74, 6) is 4.84. The number of hydrogen-bond donors (Lipinski definition) is 0. The minimum Gasteiger partial charge on any atom is -0.320 e. The van der Waals surface area contributed by atoms with Crippen molar-refractivity contribution in [1.29, 1.82) is 0 Å². The SMILES string of the molecule is C#CCN(CC1CC1)C(=O)C#C. The number of rotatable bonds is 3. The second-order valence-corrected chi connectivity index (χ2v) is 2.98. The van der Waals surface area contributed by atoms with Crippen molar-refractivity contribution in [2.75, 3.05) is 13.1 Å². The third kappa shape index (κ3) is 2.32. The van der Waals surface area contributed by atoms with Crippen LogP contribution in [0.3, 0.4) is 0 Å². The van der Waals surface area contributed by atoms with Crippen LogP contribution in [0.2, 0.25) is 0 Å². The van der Waals surface area contributed by atoms with Crippen LogP contribution in [0.1, 0.15) is 12.8 Å². The molecule has 1 saturated carbocycles. The van der Waals surface area contributed by atoms with Gasteiger partial charge in [0.15, 0.2) is 0 Å². The van der Waals surface area contributed by atoms with Gasteiger partial charge in [-0.05, 0) is 24.7 Å². The zero-order chi connectivity index (χ0) is 8.97. The summed E-state index contributed by atoms with van der Waals surface area (Å²) < 4.78 is 0. The third-order valence-corrected chi connectivity index (χ3v) is 1.87. The summed E-state index contributed by atoms with van der Waals surface area (Å²) in [4.78, 5) is 12.6. The summed E-state index contributed by atoms with van der Waals surface area (Å²) in [6, 6.07) is 0. The van der Waals surface area contributed by atoms with E-state index in [4.69, 9.17) is 12.8 Å². The maximum absolute atomic E-state index is 11.1. The molecule has 0 aliphatic heterocycles. The van der Waals surface area contributed by atoms with Crippen LogP contribution >= 0.6 is 0 Å². The molecule has 0 unspecified atom stereocenters. The van der Waals surface area contributed by atoms with Crippen molar-refractivity contribution in [1.82, 2.24) is 4.90 Å². The highest BCUT2D eigenvalue weighted by Gasteiger charge is 2.25. The molecule has 0 N–H and O–H groups in total. The van der Waals surface area contributed by atoms with Gasteiger partial charge in [-0.25, -0.2) is 0 Å². The second kappa shape index (κ2) is 3.83. The summed E-state index contributed by atoms with van der Waals surface area (Å²) in [7, 11) is 0. The quantitative estimate of drug-likeness (QED) is 0.552. The highest BCUT2D eigenvalue weighted by Crippen LogP contribution is 2.29. The van der Waals surface area contributed by atoms with Crippen LogP contribution in [0.15, 0.2) is 0 Å². The third-order valence-electron chi connectivity index (χ3n) is 1.87. The van der Waals surface area contributed by atoms with Crippen LogP contribution in [0.4, 0.5) is 0 Å². The van der Waals surface area contributed by atoms with E-state index in [-0.39, 0.29) is 5.91 Å². The summed E-state index contributed by atoms with van der Waals surface area (Å²) in [6.07, 6.45) is 12.5. The minimum absolute atomic E-state index is 0.292. The highest BCUT2D eigenvalue weighted by atomic mass is 16.2. The first kappa shape index (κ1) is 8.68. The number of amides is 1. The molecule has 0 aromatic heterocycles. The van der Waals surface area contributed by atoms with Crippen LogP contribution in [-0.4, -0.2) is 23.9 Å². The fourth-order valence-corrected chi connectivity index (χ4v) is 1.03. The molecule has 0 heterocycles. The van der Waals surface area contributed by atoms with Crippen molar-refractivity contribution in [2.45, 2.75) is 12.8 Å². The van der Waals surface area contributed by atoms with E-state index in [1.807, 2.05) is 0 Å². The molecule has 2 heteroatoms. The summed E-state index contributed by atoms with van der Waals surface area (Å²) in [5.41, 5.74) is 0. The summed E-state index contributed by atoms with van der Waals surface area (Å²) in [6.45, 7) is 1.06. The minimum atomic E-state index is -0.292. The first-order valence-corrected chi connectivity index (χ1v) is 3.97. The Morgan fingerprint density at radius 2 is 2.17 bits per heavy atom. The fraction of sp³-hybridized carbons (Fsp3) is 0.500. The lowest BCUT2D eigenvalue weighted by Gasteiger charge is -2.16. The van der Waals surface area contributed by atoms with Crippen LogP contribution < -0.4 is 0 Å². The molecule has 2 nitrogen and oxygen atoms in total. The zero-order valence-corrected chi connectivity index (χ0v) is 6.92. The van der Waals surface area contributed by atoms with Gasteiger partial charge in [0.2, 0.25) is 0 Å². The molecule has 0 aromatic carbocycles. The van der Waals surface area contributed by atoms with E-state index in [9.17, 15) is 4.79 Å². The average molecular weight is 161 g/mol. The molecule has 1 rings (SSSR count). The van der Waals surface area contributed by atoms with Gasteiger partial charge >= 0.3 is 0 Å². The van der Waals surface area contributed by atoms with Gasteiger partial charge in [0.25, 0.3) is 5.91 Å². The van der Waals surface area contributed by atoms with E-state index in [1.165, 1.54) is 12.8 Å². The molecule has 0 aromatic rings. The van der Waals surface area contributed by atoms with E-state index >= 15 is 0 Å². The molecule has 0 spiro atoms. The van der Waals surface area contributed by atoms with Crippen molar-refractivity contribution < 1.29 is 4.79 Å². The normalized spacial score (nSPS) is 14.5. The molecule has 1 aliphatic carbocycles. The molecule has 12 heavy (non-hydrogen) atoms. The van der Waals surface area contributed by atoms with Gasteiger partial charge in [0, 0.05) is 6.54 Å². The molecular weight excluding hydrogens is 150 g/mol. The van der Waals surface area contributed by atoms with Crippen LogP contribution in [0, 0.1) is 30.6 Å². The number of terminal acetylenes is 2. The standard InChI is InChI=1S/C10H11NO/c1-3-7-11(10(12)4-2)8-9-5-6-9/h1-2,9H,5-8H2. The Labute approximate surface area is 72.9 Å². The van der Waals surface area contributed by atoms with Gasteiger partial charge in [-0.2, -0.15) is 0 Å². The van der Waals surface area contributed by atoms with Gasteiger partial charge in [-0.1, -0.05) is 5.92 Å². The van der Waals surface area contributed by atoms with Crippen molar-refractivity contribution in [3.05, 3.63) is 0 Å². The predicted octanol–water partition coefficient (Wildman–Crippen LogP) is 0.491. The Bertz CT molecular complexity index is 252. The number of carbonyl (C=O) groups is 1. The first-order chi connectivity index (χ1) is 5.77. The number of hydrogen-bond acceptors (Lipinski definition) is 1. The Kier molecular flexibility index (Phi) is 2.77. The molecule has 0 bridgehead atoms. The Balaban J connectivity index is 2.43. The second-order valence-electron chi connectivity index (χ2n) is 2.98. The van der Waals surface area contributed by atoms with E-state index < -0.39 is 0 Å². The number of nitrogens with zero attached hydrogens (tertiary/aromatic N) is 1. The molecule has 0 saturated heterocycles. The Morgan fingerprint density at radius 3 is 2.58 bits per heavy atom. The predicted molar refractivity (Wildman–Crippen MR) is 47.0 cm³/mol. The molecule has 0 radical (unpaired) electrons. The van der Waals surface area contributed by atoms with E-state index in [0.717, 1.165) is 6.54 Å². The maximum atomic E-state index is 11.1. The van der Waals surface area contributed by atoms with E-state index in [0.29, 0.717) is 12.5 Å². The van der Waals surface area contributed by atoms with Crippen molar-refractivity contribution in [3.63, 3.8) is 0 Å². The largest absolute Gasteiger partial charge is 0.320 e. The highest BCUT2D eigenvalue weighted by molar-refractivity contribution is 5.93. The van der Waals surface area contributed by atoms with Crippen LogP contribution in [-0.2, 0) is 4.79 Å². The monoisotopic (exact) mass is 161 g/mol. The average Bonchev–Trinajstić information content (AvgIpc) is 2.86. The Morgan fingerprint density at radius 1 is 1.50 bits per heavy atom. The van der Waals surface area contributed by atoms with Gasteiger partial charge in [-0.15, -0.1) is 12.8 Å². The molecule has 1 amide bonds. The molecule has 1 aliphatic rings. The van der Waals surface area contributed by atoms with Crippen LogP contribution in [0.5, 0.6) is 0 Å². The van der Waals surface area contributed by atoms with Gasteiger partial charge in [0.05, 0.1) is 6.54 Å². The van der Waals surface area contributed by atoms with E-state index in [2.05, 4.69) is 11.8 Å². The lowest BCUT2D eigenvalue weighted by Crippen LogP contribution is -2.32. The lowest BCUT2D eigenvalue weighted by atomic mass is 10.3. The molecule has 1 fully saturated rings. The summed E-state index contributed by atoms with van der Waals surface area (Å²) in [5, 5.41) is 0. The molecule has 62 valence electrons. The van der Waals surface area contributed by atoms with E-state index in [1.54, 1.807) is 4.90 Å². The van der Waals surface area contributed by atoms with Crippen molar-refractivity contribution >= 4 is 5.91 Å². The van der Waals surface area contributed by atoms with Gasteiger partial charge < -0.3 is 4.90 Å². The lowest BCUT2D eigenvalue weighted by molar-refractivity contribution is -0.124.